The van der Waals surface area contributed by atoms with Gasteiger partial charge < -0.3 is 103 Å². The first-order chi connectivity index (χ1) is 50.8. The molecule has 35 heteroatoms. The minimum absolute atomic E-state index is 0.00275. The SMILES string of the molecule is CNN(C)Cc1cc2ccccc2n1CCC(=O)N[C@H](CCC(=O)O)C(=O)NCCOCCOCCC(=O)Nc1cc(COC(=O)N(C)[C@@H](C)C(=O)O[C@H]2CC(=O)N(C)c3cc(cc(OC)c3Cl)C/C(C)=C/C=C/[C@@H](OC)[C@@]3(O)C[C@H](OC(=O)N3)[C@@H](C)[C@@H]3O[C@@]23C)ccc1OC1O[C@H](C(=O)O)[C@@H](O)[C@H](O)[C@H]1O. The number of fused-ring (bicyclic) bond motifs is 6. The molecule has 0 radical (unpaired) electrons. The molecule has 4 aliphatic rings. The lowest BCUT2D eigenvalue weighted by Crippen LogP contribution is -2.63. The average Bonchev–Trinajstić information content (AvgIpc) is 1.57. The van der Waals surface area contributed by atoms with Crippen molar-refractivity contribution in [3.05, 3.63) is 106 Å². The molecule has 107 heavy (non-hydrogen) atoms. The Balaban J connectivity index is 0.878. The van der Waals surface area contributed by atoms with Crippen molar-refractivity contribution in [3.8, 4) is 11.5 Å². The van der Waals surface area contributed by atoms with Crippen LogP contribution >= 0.6 is 11.6 Å². The van der Waals surface area contributed by atoms with Crippen LogP contribution in [0.15, 0.2) is 84.5 Å². The zero-order valence-corrected chi connectivity index (χ0v) is 61.9. The normalized spacial score (nSPS) is 25.8. The van der Waals surface area contributed by atoms with E-state index < -0.39 is 151 Å². The predicted molar refractivity (Wildman–Crippen MR) is 381 cm³/mol. The number of halogens is 1. The van der Waals surface area contributed by atoms with Gasteiger partial charge in [0.25, 0.3) is 0 Å². The van der Waals surface area contributed by atoms with Gasteiger partial charge >= 0.3 is 30.1 Å². The number of anilines is 2. The van der Waals surface area contributed by atoms with Crippen molar-refractivity contribution >= 4 is 87.6 Å². The Labute approximate surface area is 622 Å². The number of methoxy groups -OCH3 is 2. The number of aliphatic carboxylic acids is 2. The summed E-state index contributed by atoms with van der Waals surface area (Å²) in [5.41, 5.74) is 3.41. The average molecular weight is 1520 g/mol. The van der Waals surface area contributed by atoms with Crippen molar-refractivity contribution in [2.45, 2.75) is 171 Å². The quantitative estimate of drug-likeness (QED) is 0.0113. The summed E-state index contributed by atoms with van der Waals surface area (Å²) >= 11 is 6.86. The number of carbonyl (C=O) groups is 9. The van der Waals surface area contributed by atoms with E-state index >= 15 is 0 Å². The van der Waals surface area contributed by atoms with Crippen LogP contribution in [0.25, 0.3) is 10.9 Å². The molecule has 1 unspecified atom stereocenters. The van der Waals surface area contributed by atoms with Crippen LogP contribution < -0.4 is 41.1 Å². The van der Waals surface area contributed by atoms with Crippen LogP contribution in [0.4, 0.5) is 21.0 Å². The maximum absolute atomic E-state index is 14.6. The second-order valence-corrected chi connectivity index (χ2v) is 27.2. The molecule has 0 saturated carbocycles. The van der Waals surface area contributed by atoms with Crippen LogP contribution in [0.1, 0.15) is 83.0 Å². The number of carboxylic acid groups (broad SMARTS) is 2. The molecule has 4 aliphatic heterocycles. The lowest BCUT2D eigenvalue weighted by Gasteiger charge is -2.42. The van der Waals surface area contributed by atoms with Crippen LogP contribution in [0, 0.1) is 5.92 Å². The van der Waals surface area contributed by atoms with Gasteiger partial charge in [-0.25, -0.2) is 24.2 Å². The van der Waals surface area contributed by atoms with Crippen LogP contribution in [-0.2, 0) is 97.6 Å². The second-order valence-electron chi connectivity index (χ2n) is 26.8. The fourth-order valence-corrected chi connectivity index (χ4v) is 12.9. The zero-order chi connectivity index (χ0) is 78.2. The summed E-state index contributed by atoms with van der Waals surface area (Å²) in [6, 6.07) is 14.6. The van der Waals surface area contributed by atoms with Crippen molar-refractivity contribution < 1.29 is 121 Å². The van der Waals surface area contributed by atoms with Gasteiger partial charge in [0, 0.05) is 77.7 Å². The Hall–Kier alpha value is -9.04. The van der Waals surface area contributed by atoms with Crippen molar-refractivity contribution in [3.63, 3.8) is 0 Å². The summed E-state index contributed by atoms with van der Waals surface area (Å²) in [5.74, 6) is -6.85. The lowest BCUT2D eigenvalue weighted by molar-refractivity contribution is -0.271. The van der Waals surface area contributed by atoms with Crippen molar-refractivity contribution in [2.24, 2.45) is 5.92 Å². The van der Waals surface area contributed by atoms with E-state index in [0.29, 0.717) is 25.1 Å². The molecule has 6 amide bonds. The predicted octanol–water partition coefficient (Wildman–Crippen LogP) is 3.03. The number of hydrogen-bond donors (Lipinski definition) is 11. The van der Waals surface area contributed by atoms with Crippen molar-refractivity contribution in [2.75, 3.05) is 85.6 Å². The number of aryl methyl sites for hydroxylation is 1. The van der Waals surface area contributed by atoms with E-state index in [0.717, 1.165) is 27.1 Å². The van der Waals surface area contributed by atoms with E-state index in [4.69, 9.17) is 59.0 Å². The molecule has 3 aromatic carbocycles. The zero-order valence-electron chi connectivity index (χ0n) is 61.1. The number of aromatic nitrogens is 1. The molecule has 4 aromatic rings. The summed E-state index contributed by atoms with van der Waals surface area (Å²) in [6.07, 6.45) is -12.4. The van der Waals surface area contributed by atoms with E-state index in [-0.39, 0.29) is 98.5 Å². The third-order valence-corrected chi connectivity index (χ3v) is 19.5. The first-order valence-electron chi connectivity index (χ1n) is 34.7. The van der Waals surface area contributed by atoms with E-state index in [1.54, 1.807) is 51.3 Å². The fraction of sp³-hybridized carbons (Fsp3) is 0.542. The highest BCUT2D eigenvalue weighted by Crippen LogP contribution is 2.49. The Bertz CT molecular complexity index is 3910. The van der Waals surface area contributed by atoms with Gasteiger partial charge in [-0.1, -0.05) is 66.6 Å². The molecule has 34 nitrogen and oxygen atoms in total. The number of para-hydroxylation sites is 1. The number of rotatable bonds is 31. The number of likely N-dealkylation sites (N-methyl/N-ethyl adjacent to an activating group) is 1. The summed E-state index contributed by atoms with van der Waals surface area (Å²) in [5, 5.41) is 76.2. The molecule has 0 spiro atoms. The fourth-order valence-electron chi connectivity index (χ4n) is 12.6. The number of hydrogen-bond acceptors (Lipinski definition) is 25. The minimum atomic E-state index is -2.06. The second kappa shape index (κ2) is 37.7. The molecule has 586 valence electrons. The molecule has 8 rings (SSSR count). The van der Waals surface area contributed by atoms with Crippen molar-refractivity contribution in [1.82, 2.24) is 35.9 Å². The number of carbonyl (C=O) groups excluding carboxylic acids is 7. The molecule has 3 fully saturated rings. The molecule has 3 saturated heterocycles. The van der Waals surface area contributed by atoms with Gasteiger partial charge in [0.2, 0.25) is 29.9 Å². The number of carboxylic acids is 2. The maximum Gasteiger partial charge on any atom is 0.410 e. The van der Waals surface area contributed by atoms with Gasteiger partial charge in [-0.3, -0.25) is 39.6 Å². The Morgan fingerprint density at radius 2 is 1.63 bits per heavy atom. The molecule has 5 heterocycles. The Morgan fingerprint density at radius 3 is 2.33 bits per heavy atom. The Kier molecular flexibility index (Phi) is 29.4. The van der Waals surface area contributed by atoms with Gasteiger partial charge in [-0.2, -0.15) is 0 Å². The largest absolute Gasteiger partial charge is 0.495 e. The highest BCUT2D eigenvalue weighted by molar-refractivity contribution is 6.35. The number of nitrogens with zero attached hydrogens (tertiary/aromatic N) is 4. The molecule has 0 aliphatic carbocycles. The molecular formula is C72H96ClN9O25. The van der Waals surface area contributed by atoms with E-state index in [1.165, 1.54) is 58.3 Å². The highest BCUT2D eigenvalue weighted by atomic mass is 35.5. The number of allylic oxidation sites excluding steroid dienone is 3. The number of amides is 6. The number of aliphatic hydroxyl groups excluding tert-OH is 3. The summed E-state index contributed by atoms with van der Waals surface area (Å²) in [7, 11) is 9.22. The summed E-state index contributed by atoms with van der Waals surface area (Å²) in [4.78, 5) is 122. The lowest BCUT2D eigenvalue weighted by atomic mass is 9.83. The van der Waals surface area contributed by atoms with Gasteiger partial charge in [0.1, 0.15) is 77.4 Å². The molecule has 1 aromatic heterocycles. The Morgan fingerprint density at radius 1 is 0.897 bits per heavy atom. The van der Waals surface area contributed by atoms with Gasteiger partial charge in [0.05, 0.1) is 70.4 Å². The number of hydrazine groups is 1. The number of epoxide rings is 1. The number of ether oxygens (including phenoxy) is 10. The number of aliphatic hydroxyl groups is 4. The standard InChI is InChI=1S/C72H96ClN9O25/c1-39-14-13-17-53(99-10)72(97)36-52(104-69(95)78-72)40(2)64-71(4,107-64)54(35-57(85)81(8)49-32-43(30-39)33-51(98-9)59(49)73)105-67(94)41(3)80(7)70(96)102-38-42-18-20-50(103-68-62(90)60(88)61(89)63(106-68)66(92)93)47(31-42)77-56(84)23-26-100-28-29-101-27-24-75-65(91)46(19-21-58(86)87)76-55(83)22-25-82-45(37-79(6)74-5)34-44-15-11-12-16-48(44)82/h11-18,20,31-34,40-41,46,52-54,60-64,68,74,88-90,97H,19,21-30,35-38H2,1-10H3,(H,75,91)(H,76,83)(H,77,84)(H,78,95)(H,86,87)(H,92,93)/b17-13+,39-14+/t40-,41+,46-,52+,53-,54+,60+,61+,62-,63+,64+,68?,71+,72+/m1/s1. The number of benzene rings is 3. The van der Waals surface area contributed by atoms with Crippen LogP contribution in [0.2, 0.25) is 5.02 Å². The van der Waals surface area contributed by atoms with E-state index in [1.807, 2.05) is 53.9 Å². The minimum Gasteiger partial charge on any atom is -0.495 e. The monoisotopic (exact) mass is 1520 g/mol. The van der Waals surface area contributed by atoms with Gasteiger partial charge in [-0.05, 0) is 93.6 Å². The van der Waals surface area contributed by atoms with E-state index in [9.17, 15) is 73.8 Å². The summed E-state index contributed by atoms with van der Waals surface area (Å²) < 4.78 is 59.5. The van der Waals surface area contributed by atoms with Gasteiger partial charge in [0.15, 0.2) is 11.8 Å². The molecule has 11 N–H and O–H groups in total. The molecular weight excluding hydrogens is 1430 g/mol. The van der Waals surface area contributed by atoms with E-state index in [2.05, 4.69) is 26.7 Å². The van der Waals surface area contributed by atoms with Crippen molar-refractivity contribution in [1.29, 1.82) is 0 Å². The van der Waals surface area contributed by atoms with Crippen LogP contribution in [0.3, 0.4) is 0 Å². The van der Waals surface area contributed by atoms with Crippen LogP contribution in [0.5, 0.6) is 11.5 Å². The molecule has 4 bridgehead atoms. The number of esters is 1. The first kappa shape index (κ1) is 83.6. The third-order valence-electron chi connectivity index (χ3n) is 19.1. The molecule has 14 atom stereocenters. The topological polar surface area (TPSA) is 445 Å². The highest BCUT2D eigenvalue weighted by Gasteiger charge is 2.65. The van der Waals surface area contributed by atoms with Crippen LogP contribution in [-0.4, -0.2) is 253 Å². The summed E-state index contributed by atoms with van der Waals surface area (Å²) in [6.45, 7) is 6.62. The number of nitrogens with one attached hydrogen (secondary N) is 5. The smallest absolute Gasteiger partial charge is 0.410 e. The first-order valence-corrected chi connectivity index (χ1v) is 35.1. The number of alkyl carbamates (subject to hydrolysis) is 1. The van der Waals surface area contributed by atoms with Gasteiger partial charge in [-0.15, -0.1) is 0 Å². The third kappa shape index (κ3) is 21.6. The maximum atomic E-state index is 14.6.